The number of nitrogens with one attached hydrogen (secondary N) is 2. The molecule has 5 nitrogen and oxygen atoms in total. The lowest BCUT2D eigenvalue weighted by atomic mass is 10.2. The summed E-state index contributed by atoms with van der Waals surface area (Å²) in [5.41, 5.74) is 3.47. The molecule has 0 bridgehead atoms. The Labute approximate surface area is 126 Å². The van der Waals surface area contributed by atoms with Gasteiger partial charge in [0.05, 0.1) is 10.7 Å². The highest BCUT2D eigenvalue weighted by Crippen LogP contribution is 2.40. The minimum absolute atomic E-state index is 0.200. The lowest BCUT2D eigenvalue weighted by Gasteiger charge is -2.14. The maximum atomic E-state index is 13.9. The van der Waals surface area contributed by atoms with Crippen LogP contribution in [-0.2, 0) is 0 Å². The highest BCUT2D eigenvalue weighted by atomic mass is 35.5. The average molecular weight is 308 g/mol. The van der Waals surface area contributed by atoms with Gasteiger partial charge >= 0.3 is 0 Å². The highest BCUT2D eigenvalue weighted by molar-refractivity contribution is 6.33. The summed E-state index contributed by atoms with van der Waals surface area (Å²) >= 11 is 6.03. The van der Waals surface area contributed by atoms with Gasteiger partial charge in [-0.15, -0.1) is 0 Å². The fourth-order valence-corrected chi connectivity index (χ4v) is 2.27. The van der Waals surface area contributed by atoms with Crippen LogP contribution < -0.4 is 16.6 Å². The number of aromatic nitrogens is 2. The molecule has 0 spiro atoms. The average Bonchev–Trinajstić information content (AvgIpc) is 3.29. The van der Waals surface area contributed by atoms with Crippen molar-refractivity contribution in [2.75, 3.05) is 10.7 Å². The maximum Gasteiger partial charge on any atom is 0.148 e. The van der Waals surface area contributed by atoms with Crippen LogP contribution in [0.3, 0.4) is 0 Å². The van der Waals surface area contributed by atoms with E-state index in [2.05, 4.69) is 20.7 Å². The third-order valence-corrected chi connectivity index (χ3v) is 3.76. The number of anilines is 3. The molecule has 21 heavy (non-hydrogen) atoms. The minimum Gasteiger partial charge on any atom is -0.336 e. The summed E-state index contributed by atoms with van der Waals surface area (Å²) in [6, 6.07) is 4.51. The van der Waals surface area contributed by atoms with E-state index in [0.717, 1.165) is 12.8 Å². The third kappa shape index (κ3) is 2.77. The first-order valence-electron chi connectivity index (χ1n) is 6.66. The first-order chi connectivity index (χ1) is 10.1. The molecule has 3 rings (SSSR count). The molecule has 0 unspecified atom stereocenters. The number of nitrogen functional groups attached to an aromatic ring is 1. The van der Waals surface area contributed by atoms with Gasteiger partial charge in [0.25, 0.3) is 0 Å². The predicted octanol–water partition coefficient (Wildman–Crippen LogP) is 3.48. The van der Waals surface area contributed by atoms with Crippen molar-refractivity contribution in [3.63, 3.8) is 0 Å². The van der Waals surface area contributed by atoms with Crippen molar-refractivity contribution in [1.82, 2.24) is 9.97 Å². The number of hydrogen-bond acceptors (Lipinski definition) is 5. The summed E-state index contributed by atoms with van der Waals surface area (Å²) in [6.07, 6.45) is 2.12. The fraction of sp³-hybridized carbons (Fsp3) is 0.286. The molecule has 1 aliphatic rings. The van der Waals surface area contributed by atoms with Crippen LogP contribution in [0.15, 0.2) is 18.2 Å². The molecule has 0 aliphatic heterocycles. The molecular formula is C14H15ClFN5. The molecule has 4 N–H and O–H groups in total. The Kier molecular flexibility index (Phi) is 3.65. The van der Waals surface area contributed by atoms with Gasteiger partial charge in [-0.25, -0.2) is 20.2 Å². The number of nitrogens with two attached hydrogens (primary N) is 1. The Morgan fingerprint density at radius 2 is 2.00 bits per heavy atom. The zero-order valence-electron chi connectivity index (χ0n) is 11.5. The number of hydrazine groups is 1. The second-order valence-corrected chi connectivity index (χ2v) is 5.45. The summed E-state index contributed by atoms with van der Waals surface area (Å²) < 4.78 is 13.9. The third-order valence-electron chi connectivity index (χ3n) is 3.45. The van der Waals surface area contributed by atoms with Crippen LogP contribution in [0.25, 0.3) is 0 Å². The maximum absolute atomic E-state index is 13.9. The quantitative estimate of drug-likeness (QED) is 0.595. The van der Waals surface area contributed by atoms with Gasteiger partial charge in [-0.3, -0.25) is 0 Å². The van der Waals surface area contributed by atoms with Gasteiger partial charge in [0.2, 0.25) is 0 Å². The van der Waals surface area contributed by atoms with Crippen LogP contribution in [-0.4, -0.2) is 9.97 Å². The molecule has 1 heterocycles. The van der Waals surface area contributed by atoms with Gasteiger partial charge in [0.15, 0.2) is 0 Å². The molecule has 0 saturated heterocycles. The summed E-state index contributed by atoms with van der Waals surface area (Å²) in [5, 5.41) is 3.25. The van der Waals surface area contributed by atoms with E-state index in [4.69, 9.17) is 17.4 Å². The van der Waals surface area contributed by atoms with Crippen LogP contribution in [0.2, 0.25) is 5.02 Å². The highest BCUT2D eigenvalue weighted by Gasteiger charge is 2.28. The van der Waals surface area contributed by atoms with Crippen molar-refractivity contribution in [3.05, 3.63) is 40.4 Å². The van der Waals surface area contributed by atoms with Crippen LogP contribution in [0.5, 0.6) is 0 Å². The van der Waals surface area contributed by atoms with Crippen molar-refractivity contribution in [3.8, 4) is 0 Å². The molecular weight excluding hydrogens is 293 g/mol. The lowest BCUT2D eigenvalue weighted by Crippen LogP contribution is -2.14. The van der Waals surface area contributed by atoms with Crippen molar-refractivity contribution < 1.29 is 4.39 Å². The Morgan fingerprint density at radius 3 is 2.62 bits per heavy atom. The molecule has 110 valence electrons. The van der Waals surface area contributed by atoms with E-state index in [-0.39, 0.29) is 5.69 Å². The first-order valence-corrected chi connectivity index (χ1v) is 7.04. The lowest BCUT2D eigenvalue weighted by molar-refractivity contribution is 0.632. The zero-order chi connectivity index (χ0) is 15.0. The minimum atomic E-state index is -0.434. The molecule has 1 fully saturated rings. The number of nitrogens with zero attached hydrogens (tertiary/aromatic N) is 2. The Balaban J connectivity index is 2.03. The van der Waals surface area contributed by atoms with E-state index < -0.39 is 5.82 Å². The van der Waals surface area contributed by atoms with E-state index in [0.29, 0.717) is 34.0 Å². The van der Waals surface area contributed by atoms with Crippen LogP contribution in [0.1, 0.15) is 30.1 Å². The van der Waals surface area contributed by atoms with Crippen molar-refractivity contribution in [2.45, 2.75) is 25.7 Å². The number of benzene rings is 1. The van der Waals surface area contributed by atoms with Gasteiger partial charge in [0.1, 0.15) is 23.3 Å². The SMILES string of the molecule is Cc1c(NN)nc(C2CC2)nc1Nc1c(F)cccc1Cl. The largest absolute Gasteiger partial charge is 0.336 e. The van der Waals surface area contributed by atoms with Crippen LogP contribution >= 0.6 is 11.6 Å². The molecule has 2 aromatic rings. The van der Waals surface area contributed by atoms with E-state index in [1.807, 2.05) is 6.92 Å². The standard InChI is InChI=1S/C14H15ClFN5/c1-7-12(18-11-9(15)3-2-4-10(11)16)19-14(8-5-6-8)20-13(7)21-17/h2-4,8H,5-6,17H2,1H3,(H2,18,19,20,21). The van der Waals surface area contributed by atoms with Crippen LogP contribution in [0, 0.1) is 12.7 Å². The second-order valence-electron chi connectivity index (χ2n) is 5.04. The first kappa shape index (κ1) is 14.0. The molecule has 1 aromatic carbocycles. The second kappa shape index (κ2) is 5.46. The summed E-state index contributed by atoms with van der Waals surface area (Å²) in [5.74, 6) is 7.16. The van der Waals surface area contributed by atoms with Crippen molar-refractivity contribution in [1.29, 1.82) is 0 Å². The summed E-state index contributed by atoms with van der Waals surface area (Å²) in [6.45, 7) is 1.81. The number of halogens is 2. The topological polar surface area (TPSA) is 75.9 Å². The Bertz CT molecular complexity index is 667. The number of hydrogen-bond donors (Lipinski definition) is 3. The van der Waals surface area contributed by atoms with E-state index in [1.54, 1.807) is 12.1 Å². The van der Waals surface area contributed by atoms with Gasteiger partial charge in [-0.2, -0.15) is 0 Å². The van der Waals surface area contributed by atoms with Gasteiger partial charge in [-0.1, -0.05) is 17.7 Å². The number of para-hydroxylation sites is 1. The predicted molar refractivity (Wildman–Crippen MR) is 81.2 cm³/mol. The van der Waals surface area contributed by atoms with Crippen molar-refractivity contribution >= 4 is 28.9 Å². The van der Waals surface area contributed by atoms with E-state index >= 15 is 0 Å². The van der Waals surface area contributed by atoms with E-state index in [1.165, 1.54) is 6.07 Å². The molecule has 1 aromatic heterocycles. The normalized spacial score (nSPS) is 14.1. The van der Waals surface area contributed by atoms with Crippen LogP contribution in [0.4, 0.5) is 21.7 Å². The molecule has 7 heteroatoms. The molecule has 0 atom stereocenters. The smallest absolute Gasteiger partial charge is 0.148 e. The monoisotopic (exact) mass is 307 g/mol. The summed E-state index contributed by atoms with van der Waals surface area (Å²) in [7, 11) is 0. The molecule has 0 amide bonds. The van der Waals surface area contributed by atoms with Crippen molar-refractivity contribution in [2.24, 2.45) is 5.84 Å². The fourth-order valence-electron chi connectivity index (χ4n) is 2.06. The molecule has 0 radical (unpaired) electrons. The molecule has 1 aliphatic carbocycles. The Morgan fingerprint density at radius 1 is 1.29 bits per heavy atom. The number of rotatable bonds is 4. The molecule has 1 saturated carbocycles. The van der Waals surface area contributed by atoms with Gasteiger partial charge in [0, 0.05) is 11.5 Å². The summed E-state index contributed by atoms with van der Waals surface area (Å²) in [4.78, 5) is 8.86. The van der Waals surface area contributed by atoms with E-state index in [9.17, 15) is 4.39 Å². The van der Waals surface area contributed by atoms with Gasteiger partial charge < -0.3 is 10.7 Å². The Hall–Kier alpha value is -1.92. The zero-order valence-corrected chi connectivity index (χ0v) is 12.2. The van der Waals surface area contributed by atoms with Gasteiger partial charge in [-0.05, 0) is 31.9 Å².